The molecule has 0 aliphatic carbocycles. The standard InChI is InChI=1S/C23H22FNO5/c1-13-4-5-16(24)20-21(13)25(11-14-3-2-6-27-14)22(26)23(20)12-30-17-10-19-18(9-15(17)23)28-7-8-29-19/h4-5,9-10,14H,2-3,6-8,11-12H2,1H3. The minimum Gasteiger partial charge on any atom is -0.491 e. The van der Waals surface area contributed by atoms with Crippen LogP contribution >= 0.6 is 0 Å². The summed E-state index contributed by atoms with van der Waals surface area (Å²) in [7, 11) is 0. The number of aryl methyl sites for hydroxylation is 1. The normalized spacial score (nSPS) is 26.1. The van der Waals surface area contributed by atoms with Gasteiger partial charge in [-0.3, -0.25) is 4.79 Å². The molecule has 0 bridgehead atoms. The molecule has 2 unspecified atom stereocenters. The summed E-state index contributed by atoms with van der Waals surface area (Å²) in [5.74, 6) is 1.12. The number of nitrogens with zero attached hydrogens (tertiary/aromatic N) is 1. The minimum atomic E-state index is -1.23. The summed E-state index contributed by atoms with van der Waals surface area (Å²) in [4.78, 5) is 15.7. The van der Waals surface area contributed by atoms with Crippen molar-refractivity contribution in [3.63, 3.8) is 0 Å². The van der Waals surface area contributed by atoms with Crippen LogP contribution in [0.25, 0.3) is 0 Å². The van der Waals surface area contributed by atoms with Gasteiger partial charge in [-0.1, -0.05) is 6.07 Å². The van der Waals surface area contributed by atoms with Crippen molar-refractivity contribution in [3.05, 3.63) is 46.8 Å². The Morgan fingerprint density at radius 2 is 1.90 bits per heavy atom. The molecule has 1 amide bonds. The van der Waals surface area contributed by atoms with Crippen molar-refractivity contribution in [3.8, 4) is 17.2 Å². The smallest absolute Gasteiger partial charge is 0.246 e. The molecule has 0 N–H and O–H groups in total. The Morgan fingerprint density at radius 3 is 2.67 bits per heavy atom. The molecule has 0 radical (unpaired) electrons. The number of anilines is 1. The van der Waals surface area contributed by atoms with E-state index in [1.165, 1.54) is 6.07 Å². The van der Waals surface area contributed by atoms with Crippen molar-refractivity contribution in [2.24, 2.45) is 0 Å². The Labute approximate surface area is 173 Å². The zero-order valence-electron chi connectivity index (χ0n) is 16.7. The van der Waals surface area contributed by atoms with E-state index >= 15 is 4.39 Å². The third-order valence-corrected chi connectivity index (χ3v) is 6.59. The van der Waals surface area contributed by atoms with E-state index < -0.39 is 11.2 Å². The van der Waals surface area contributed by atoms with Gasteiger partial charge in [-0.25, -0.2) is 4.39 Å². The molecular weight excluding hydrogens is 389 g/mol. The van der Waals surface area contributed by atoms with Crippen molar-refractivity contribution >= 4 is 11.6 Å². The summed E-state index contributed by atoms with van der Waals surface area (Å²) in [6.07, 6.45) is 1.83. The molecule has 6 nitrogen and oxygen atoms in total. The summed E-state index contributed by atoms with van der Waals surface area (Å²) >= 11 is 0. The molecular formula is C23H22FNO5. The third kappa shape index (κ3) is 2.29. The maximum atomic E-state index is 15.3. The first-order valence-electron chi connectivity index (χ1n) is 10.4. The summed E-state index contributed by atoms with van der Waals surface area (Å²) in [6.45, 7) is 3.97. The van der Waals surface area contributed by atoms with Gasteiger partial charge in [0.1, 0.15) is 36.8 Å². The van der Waals surface area contributed by atoms with Crippen LogP contribution in [0, 0.1) is 12.7 Å². The molecule has 0 saturated carbocycles. The molecule has 6 rings (SSSR count). The minimum absolute atomic E-state index is 0.0401. The van der Waals surface area contributed by atoms with Gasteiger partial charge in [-0.15, -0.1) is 0 Å². The first kappa shape index (κ1) is 18.0. The van der Waals surface area contributed by atoms with Crippen LogP contribution < -0.4 is 19.1 Å². The SMILES string of the molecule is Cc1ccc(F)c2c1N(CC1CCCO1)C(=O)C21COc2cc3c(cc21)OCCO3. The molecule has 0 aromatic heterocycles. The Kier molecular flexibility index (Phi) is 3.81. The lowest BCUT2D eigenvalue weighted by molar-refractivity contribution is -0.122. The molecule has 4 aliphatic rings. The van der Waals surface area contributed by atoms with Gasteiger partial charge in [0.15, 0.2) is 11.5 Å². The van der Waals surface area contributed by atoms with E-state index in [4.69, 9.17) is 18.9 Å². The fourth-order valence-corrected chi connectivity index (χ4v) is 5.20. The van der Waals surface area contributed by atoms with Crippen molar-refractivity contribution in [2.45, 2.75) is 31.3 Å². The molecule has 4 aliphatic heterocycles. The Hall–Kier alpha value is -2.80. The van der Waals surface area contributed by atoms with Gasteiger partial charge >= 0.3 is 0 Å². The summed E-state index contributed by atoms with van der Waals surface area (Å²) in [5.41, 5.74) is 1.30. The highest BCUT2D eigenvalue weighted by Crippen LogP contribution is 2.56. The van der Waals surface area contributed by atoms with Crippen molar-refractivity contribution in [1.82, 2.24) is 0 Å². The number of carbonyl (C=O) groups is 1. The quantitative estimate of drug-likeness (QED) is 0.760. The lowest BCUT2D eigenvalue weighted by Crippen LogP contribution is -2.45. The van der Waals surface area contributed by atoms with Crippen LogP contribution in [-0.4, -0.2) is 45.0 Å². The van der Waals surface area contributed by atoms with Crippen molar-refractivity contribution < 1.29 is 28.1 Å². The fourth-order valence-electron chi connectivity index (χ4n) is 5.20. The second-order valence-electron chi connectivity index (χ2n) is 8.32. The van der Waals surface area contributed by atoms with Crippen molar-refractivity contribution in [2.75, 3.05) is 37.9 Å². The van der Waals surface area contributed by atoms with E-state index in [0.29, 0.717) is 60.4 Å². The van der Waals surface area contributed by atoms with Gasteiger partial charge < -0.3 is 23.8 Å². The zero-order chi connectivity index (χ0) is 20.5. The molecule has 4 heterocycles. The number of halogens is 1. The molecule has 1 saturated heterocycles. The zero-order valence-corrected chi connectivity index (χ0v) is 16.7. The number of amides is 1. The van der Waals surface area contributed by atoms with Gasteiger partial charge in [0.2, 0.25) is 5.91 Å². The maximum absolute atomic E-state index is 15.3. The number of rotatable bonds is 2. The largest absolute Gasteiger partial charge is 0.491 e. The highest BCUT2D eigenvalue weighted by molar-refractivity contribution is 6.12. The van der Waals surface area contributed by atoms with Gasteiger partial charge in [0.05, 0.1) is 18.3 Å². The average molecular weight is 411 g/mol. The first-order valence-corrected chi connectivity index (χ1v) is 10.4. The van der Waals surface area contributed by atoms with Gasteiger partial charge in [-0.05, 0) is 37.5 Å². The van der Waals surface area contributed by atoms with Crippen LogP contribution in [0.3, 0.4) is 0 Å². The first-order chi connectivity index (χ1) is 14.6. The molecule has 2 atom stereocenters. The fraction of sp³-hybridized carbons (Fsp3) is 0.435. The maximum Gasteiger partial charge on any atom is 0.246 e. The lowest BCUT2D eigenvalue weighted by Gasteiger charge is -2.26. The number of carbonyl (C=O) groups excluding carboxylic acids is 1. The van der Waals surface area contributed by atoms with Gasteiger partial charge in [0.25, 0.3) is 0 Å². The highest BCUT2D eigenvalue weighted by Gasteiger charge is 2.59. The van der Waals surface area contributed by atoms with E-state index in [2.05, 4.69) is 0 Å². The molecule has 1 fully saturated rings. The highest BCUT2D eigenvalue weighted by atomic mass is 19.1. The molecule has 30 heavy (non-hydrogen) atoms. The molecule has 2 aromatic carbocycles. The van der Waals surface area contributed by atoms with Gasteiger partial charge in [0, 0.05) is 23.8 Å². The predicted molar refractivity (Wildman–Crippen MR) is 106 cm³/mol. The molecule has 7 heteroatoms. The summed E-state index contributed by atoms with van der Waals surface area (Å²) in [6, 6.07) is 6.70. The number of fused-ring (bicyclic) bond motifs is 5. The van der Waals surface area contributed by atoms with E-state index in [1.807, 2.05) is 6.92 Å². The average Bonchev–Trinajstić information content (AvgIpc) is 3.45. The Balaban J connectivity index is 1.54. The monoisotopic (exact) mass is 411 g/mol. The Morgan fingerprint density at radius 1 is 1.10 bits per heavy atom. The topological polar surface area (TPSA) is 57.2 Å². The molecule has 2 aromatic rings. The van der Waals surface area contributed by atoms with Crippen LogP contribution in [0.4, 0.5) is 10.1 Å². The number of benzene rings is 2. The number of ether oxygens (including phenoxy) is 4. The number of hydrogen-bond donors (Lipinski definition) is 0. The molecule has 156 valence electrons. The Bertz CT molecular complexity index is 1060. The van der Waals surface area contributed by atoms with E-state index in [0.717, 1.165) is 18.4 Å². The van der Waals surface area contributed by atoms with E-state index in [9.17, 15) is 4.79 Å². The summed E-state index contributed by atoms with van der Waals surface area (Å²) < 4.78 is 38.5. The third-order valence-electron chi connectivity index (χ3n) is 6.59. The van der Waals surface area contributed by atoms with E-state index in [-0.39, 0.29) is 18.6 Å². The lowest BCUT2D eigenvalue weighted by atomic mass is 9.76. The summed E-state index contributed by atoms with van der Waals surface area (Å²) in [5, 5.41) is 0. The number of hydrogen-bond acceptors (Lipinski definition) is 5. The van der Waals surface area contributed by atoms with Crippen LogP contribution in [0.15, 0.2) is 24.3 Å². The van der Waals surface area contributed by atoms with Gasteiger partial charge in [-0.2, -0.15) is 0 Å². The second kappa shape index (κ2) is 6.35. The second-order valence-corrected chi connectivity index (χ2v) is 8.32. The van der Waals surface area contributed by atoms with Crippen LogP contribution in [0.5, 0.6) is 17.2 Å². The van der Waals surface area contributed by atoms with Crippen molar-refractivity contribution in [1.29, 1.82) is 0 Å². The molecule has 1 spiro atoms. The predicted octanol–water partition coefficient (Wildman–Crippen LogP) is 3.11. The van der Waals surface area contributed by atoms with Crippen LogP contribution in [0.1, 0.15) is 29.5 Å². The van der Waals surface area contributed by atoms with Crippen LogP contribution in [-0.2, 0) is 14.9 Å². The van der Waals surface area contributed by atoms with E-state index in [1.54, 1.807) is 23.1 Å². The van der Waals surface area contributed by atoms with Crippen LogP contribution in [0.2, 0.25) is 0 Å².